The smallest absolute Gasteiger partial charge is 0.255 e. The Kier molecular flexibility index (Phi) is 3.34. The normalized spacial score (nSPS) is 10.2. The van der Waals surface area contributed by atoms with Crippen molar-refractivity contribution in [1.29, 1.82) is 0 Å². The summed E-state index contributed by atoms with van der Waals surface area (Å²) in [5, 5.41) is 15.0. The van der Waals surface area contributed by atoms with Crippen molar-refractivity contribution in [2.24, 2.45) is 0 Å². The van der Waals surface area contributed by atoms with Crippen LogP contribution in [0.2, 0.25) is 0 Å². The molecule has 0 spiro atoms. The molecule has 0 saturated heterocycles. The van der Waals surface area contributed by atoms with Crippen LogP contribution >= 0.6 is 11.3 Å². The average molecular weight is 249 g/mol. The lowest BCUT2D eigenvalue weighted by atomic mass is 10.2. The maximum atomic E-state index is 11.7. The second-order valence-electron chi connectivity index (χ2n) is 3.43. The molecule has 5 nitrogen and oxygen atoms in total. The third kappa shape index (κ3) is 2.79. The summed E-state index contributed by atoms with van der Waals surface area (Å²) in [7, 11) is 0. The summed E-state index contributed by atoms with van der Waals surface area (Å²) in [4.78, 5) is 19.7. The zero-order valence-electron chi connectivity index (χ0n) is 9.17. The van der Waals surface area contributed by atoms with Crippen LogP contribution in [-0.4, -0.2) is 21.0 Å². The van der Waals surface area contributed by atoms with Gasteiger partial charge in [-0.15, -0.1) is 11.3 Å². The molecule has 0 unspecified atom stereocenters. The maximum absolute atomic E-state index is 11.7. The number of pyridine rings is 1. The number of carbonyl (C=O) groups is 1. The number of aromatic hydroxyl groups is 1. The number of nitrogens with zero attached hydrogens (tertiary/aromatic N) is 2. The molecular weight excluding hydrogens is 238 g/mol. The van der Waals surface area contributed by atoms with Gasteiger partial charge in [-0.1, -0.05) is 0 Å². The molecule has 0 saturated carbocycles. The standard InChI is InChI=1S/C11H11N3O2S/c1-7-14-8(6-17-7)4-13-11(16)9-2-3-12-5-10(9)15/h2-3,5-6,15H,4H2,1H3,(H,13,16). The van der Waals surface area contributed by atoms with Gasteiger partial charge in [0.25, 0.3) is 5.91 Å². The Bertz CT molecular complexity index is 539. The van der Waals surface area contributed by atoms with E-state index in [1.54, 1.807) is 0 Å². The van der Waals surface area contributed by atoms with E-state index < -0.39 is 0 Å². The first-order valence-electron chi connectivity index (χ1n) is 4.99. The Morgan fingerprint density at radius 3 is 3.06 bits per heavy atom. The number of thiazole rings is 1. The minimum Gasteiger partial charge on any atom is -0.505 e. The van der Waals surface area contributed by atoms with Crippen molar-refractivity contribution in [3.05, 3.63) is 40.1 Å². The fourth-order valence-electron chi connectivity index (χ4n) is 1.33. The van der Waals surface area contributed by atoms with E-state index in [0.717, 1.165) is 10.7 Å². The molecule has 6 heteroatoms. The molecule has 0 aromatic carbocycles. The van der Waals surface area contributed by atoms with Crippen LogP contribution in [0.5, 0.6) is 5.75 Å². The van der Waals surface area contributed by atoms with Gasteiger partial charge < -0.3 is 10.4 Å². The highest BCUT2D eigenvalue weighted by Gasteiger charge is 2.10. The van der Waals surface area contributed by atoms with Gasteiger partial charge in [0.05, 0.1) is 29.0 Å². The Balaban J connectivity index is 2.01. The highest BCUT2D eigenvalue weighted by molar-refractivity contribution is 7.09. The van der Waals surface area contributed by atoms with Crippen molar-refractivity contribution in [2.45, 2.75) is 13.5 Å². The molecule has 2 rings (SSSR count). The number of aromatic nitrogens is 2. The molecule has 2 heterocycles. The van der Waals surface area contributed by atoms with Crippen molar-refractivity contribution >= 4 is 17.2 Å². The second kappa shape index (κ2) is 4.92. The van der Waals surface area contributed by atoms with Crippen molar-refractivity contribution in [3.8, 4) is 5.75 Å². The highest BCUT2D eigenvalue weighted by atomic mass is 32.1. The molecule has 2 N–H and O–H groups in total. The summed E-state index contributed by atoms with van der Waals surface area (Å²) in [6.45, 7) is 2.26. The van der Waals surface area contributed by atoms with E-state index in [2.05, 4.69) is 15.3 Å². The fraction of sp³-hybridized carbons (Fsp3) is 0.182. The number of rotatable bonds is 3. The van der Waals surface area contributed by atoms with Gasteiger partial charge in [0.15, 0.2) is 0 Å². The van der Waals surface area contributed by atoms with Crippen molar-refractivity contribution in [1.82, 2.24) is 15.3 Å². The largest absolute Gasteiger partial charge is 0.505 e. The molecule has 0 aliphatic carbocycles. The van der Waals surface area contributed by atoms with Gasteiger partial charge >= 0.3 is 0 Å². The minimum absolute atomic E-state index is 0.126. The zero-order chi connectivity index (χ0) is 12.3. The topological polar surface area (TPSA) is 75.1 Å². The Labute approximate surface area is 102 Å². The molecule has 2 aromatic heterocycles. The fourth-order valence-corrected chi connectivity index (χ4v) is 1.95. The molecule has 0 radical (unpaired) electrons. The lowest BCUT2D eigenvalue weighted by Crippen LogP contribution is -2.23. The molecule has 0 atom stereocenters. The van der Waals surface area contributed by atoms with E-state index in [0.29, 0.717) is 6.54 Å². The molecule has 1 amide bonds. The van der Waals surface area contributed by atoms with Crippen LogP contribution in [0.15, 0.2) is 23.8 Å². The van der Waals surface area contributed by atoms with Gasteiger partial charge in [-0.25, -0.2) is 4.98 Å². The number of hydrogen-bond donors (Lipinski definition) is 2. The summed E-state index contributed by atoms with van der Waals surface area (Å²) in [5.74, 6) is -0.463. The molecule has 88 valence electrons. The predicted molar refractivity (Wildman–Crippen MR) is 63.9 cm³/mol. The molecule has 2 aromatic rings. The lowest BCUT2D eigenvalue weighted by molar-refractivity contribution is 0.0947. The molecule has 0 aliphatic rings. The molecule has 17 heavy (non-hydrogen) atoms. The lowest BCUT2D eigenvalue weighted by Gasteiger charge is -2.04. The van der Waals surface area contributed by atoms with E-state index >= 15 is 0 Å². The van der Waals surface area contributed by atoms with E-state index in [4.69, 9.17) is 0 Å². The molecule has 0 fully saturated rings. The minimum atomic E-state index is -0.337. The van der Waals surface area contributed by atoms with Crippen LogP contribution in [0.4, 0.5) is 0 Å². The Hall–Kier alpha value is -1.95. The van der Waals surface area contributed by atoms with Crippen LogP contribution in [-0.2, 0) is 6.54 Å². The predicted octanol–water partition coefficient (Wildman–Crippen LogP) is 1.48. The van der Waals surface area contributed by atoms with Crippen molar-refractivity contribution in [3.63, 3.8) is 0 Å². The van der Waals surface area contributed by atoms with Gasteiger partial charge in [-0.05, 0) is 13.0 Å². The maximum Gasteiger partial charge on any atom is 0.255 e. The summed E-state index contributed by atoms with van der Waals surface area (Å²) in [6.07, 6.45) is 2.70. The summed E-state index contributed by atoms with van der Waals surface area (Å²) in [6, 6.07) is 1.47. The molecule has 0 aliphatic heterocycles. The summed E-state index contributed by atoms with van der Waals surface area (Å²) < 4.78 is 0. The number of hydrogen-bond acceptors (Lipinski definition) is 5. The van der Waals surface area contributed by atoms with Crippen molar-refractivity contribution in [2.75, 3.05) is 0 Å². The summed E-state index contributed by atoms with van der Waals surface area (Å²) in [5.41, 5.74) is 1.03. The SMILES string of the molecule is Cc1nc(CNC(=O)c2ccncc2O)cs1. The van der Waals surface area contributed by atoms with Gasteiger partial charge in [-0.2, -0.15) is 0 Å². The van der Waals surface area contributed by atoms with Gasteiger partial charge in [0, 0.05) is 11.6 Å². The zero-order valence-corrected chi connectivity index (χ0v) is 9.99. The van der Waals surface area contributed by atoms with Crippen LogP contribution in [0.3, 0.4) is 0 Å². The van der Waals surface area contributed by atoms with Crippen molar-refractivity contribution < 1.29 is 9.90 Å². The molecule has 0 bridgehead atoms. The Morgan fingerprint density at radius 2 is 2.41 bits per heavy atom. The van der Waals surface area contributed by atoms with E-state index in [1.807, 2.05) is 12.3 Å². The molecular formula is C11H11N3O2S. The first kappa shape index (κ1) is 11.5. The summed E-state index contributed by atoms with van der Waals surface area (Å²) >= 11 is 1.53. The highest BCUT2D eigenvalue weighted by Crippen LogP contribution is 2.14. The van der Waals surface area contributed by atoms with Crippen LogP contribution in [0.25, 0.3) is 0 Å². The number of nitrogens with one attached hydrogen (secondary N) is 1. The third-order valence-electron chi connectivity index (χ3n) is 2.14. The van der Waals surface area contributed by atoms with Gasteiger partial charge in [0.2, 0.25) is 0 Å². The first-order valence-corrected chi connectivity index (χ1v) is 5.87. The van der Waals surface area contributed by atoms with E-state index in [1.165, 1.54) is 29.8 Å². The van der Waals surface area contributed by atoms with Gasteiger partial charge in [0.1, 0.15) is 5.75 Å². The third-order valence-corrected chi connectivity index (χ3v) is 2.96. The van der Waals surface area contributed by atoms with Crippen LogP contribution < -0.4 is 5.32 Å². The van der Waals surface area contributed by atoms with Crippen LogP contribution in [0, 0.1) is 6.92 Å². The Morgan fingerprint density at radius 1 is 1.59 bits per heavy atom. The second-order valence-corrected chi connectivity index (χ2v) is 4.50. The number of amides is 1. The number of aryl methyl sites for hydroxylation is 1. The first-order chi connectivity index (χ1) is 8.16. The quantitative estimate of drug-likeness (QED) is 0.864. The van der Waals surface area contributed by atoms with Gasteiger partial charge in [-0.3, -0.25) is 9.78 Å². The van der Waals surface area contributed by atoms with E-state index in [-0.39, 0.29) is 17.2 Å². The average Bonchev–Trinajstić information content (AvgIpc) is 2.73. The number of carbonyl (C=O) groups excluding carboxylic acids is 1. The van der Waals surface area contributed by atoms with E-state index in [9.17, 15) is 9.90 Å². The monoisotopic (exact) mass is 249 g/mol. The van der Waals surface area contributed by atoms with Crippen LogP contribution in [0.1, 0.15) is 21.1 Å².